The molecule has 0 amide bonds. The van der Waals surface area contributed by atoms with E-state index in [-0.39, 0.29) is 24.9 Å². The molecular weight excluding hydrogens is 170 g/mol. The summed E-state index contributed by atoms with van der Waals surface area (Å²) in [7, 11) is 0. The van der Waals surface area contributed by atoms with Gasteiger partial charge in [0.25, 0.3) is 0 Å². The van der Waals surface area contributed by atoms with Crippen LogP contribution in [-0.4, -0.2) is 42.3 Å². The maximum Gasteiger partial charge on any atom is 0.163 e. The number of hydrogen-bond acceptors (Lipinski definition) is 4. The summed E-state index contributed by atoms with van der Waals surface area (Å²) in [6.07, 6.45) is 1.01. The van der Waals surface area contributed by atoms with E-state index in [1.807, 2.05) is 13.8 Å². The Morgan fingerprint density at radius 2 is 2.23 bits per heavy atom. The Balaban J connectivity index is 1.99. The third kappa shape index (κ3) is 1.72. The molecule has 3 atom stereocenters. The van der Waals surface area contributed by atoms with Crippen molar-refractivity contribution in [2.75, 3.05) is 13.2 Å². The molecule has 2 fully saturated rings. The number of aliphatic hydroxyl groups excluding tert-OH is 1. The van der Waals surface area contributed by atoms with Crippen LogP contribution in [0.2, 0.25) is 0 Å². The standard InChI is InChI=1S/C9H17NO3/c1-9(2)12-7-5-10-6(3-4-11)8(7)13-9/h6-8,10-11H,3-5H2,1-2H3. The Labute approximate surface area is 78.2 Å². The molecule has 2 heterocycles. The van der Waals surface area contributed by atoms with Crippen LogP contribution in [0.25, 0.3) is 0 Å². The van der Waals surface area contributed by atoms with Crippen molar-refractivity contribution in [2.45, 2.75) is 44.3 Å². The van der Waals surface area contributed by atoms with Crippen molar-refractivity contribution >= 4 is 0 Å². The van der Waals surface area contributed by atoms with Crippen molar-refractivity contribution in [1.82, 2.24) is 5.32 Å². The molecule has 0 bridgehead atoms. The molecule has 2 aliphatic heterocycles. The van der Waals surface area contributed by atoms with Crippen molar-refractivity contribution in [2.24, 2.45) is 0 Å². The normalized spacial score (nSPS) is 42.2. The van der Waals surface area contributed by atoms with Gasteiger partial charge in [-0.2, -0.15) is 0 Å². The lowest BCUT2D eigenvalue weighted by atomic mass is 10.1. The van der Waals surface area contributed by atoms with E-state index in [1.54, 1.807) is 0 Å². The Bertz CT molecular complexity index is 193. The minimum atomic E-state index is -0.453. The topological polar surface area (TPSA) is 50.7 Å². The van der Waals surface area contributed by atoms with E-state index in [4.69, 9.17) is 14.6 Å². The Kier molecular flexibility index (Phi) is 2.32. The zero-order valence-corrected chi connectivity index (χ0v) is 8.12. The second-order valence-electron chi connectivity index (χ2n) is 4.17. The van der Waals surface area contributed by atoms with Crippen LogP contribution in [-0.2, 0) is 9.47 Å². The Morgan fingerprint density at radius 3 is 2.92 bits per heavy atom. The molecule has 0 radical (unpaired) electrons. The summed E-state index contributed by atoms with van der Waals surface area (Å²) in [5, 5.41) is 12.1. The fourth-order valence-electron chi connectivity index (χ4n) is 2.15. The first-order chi connectivity index (χ1) is 6.12. The number of ether oxygens (including phenoxy) is 2. The summed E-state index contributed by atoms with van der Waals surface area (Å²) in [5.41, 5.74) is 0. The average molecular weight is 187 g/mol. The van der Waals surface area contributed by atoms with Gasteiger partial charge >= 0.3 is 0 Å². The quantitative estimate of drug-likeness (QED) is 0.632. The lowest BCUT2D eigenvalue weighted by Gasteiger charge is -2.21. The highest BCUT2D eigenvalue weighted by molar-refractivity contribution is 4.97. The lowest BCUT2D eigenvalue weighted by Crippen LogP contribution is -2.35. The summed E-state index contributed by atoms with van der Waals surface area (Å²) < 4.78 is 11.4. The number of hydrogen-bond donors (Lipinski definition) is 2. The second kappa shape index (κ2) is 3.20. The van der Waals surface area contributed by atoms with E-state index in [0.717, 1.165) is 13.0 Å². The van der Waals surface area contributed by atoms with Gasteiger partial charge < -0.3 is 19.9 Å². The van der Waals surface area contributed by atoms with Crippen molar-refractivity contribution < 1.29 is 14.6 Å². The van der Waals surface area contributed by atoms with Gasteiger partial charge in [0, 0.05) is 19.2 Å². The van der Waals surface area contributed by atoms with Gasteiger partial charge in [-0.3, -0.25) is 0 Å². The second-order valence-corrected chi connectivity index (χ2v) is 4.17. The van der Waals surface area contributed by atoms with Crippen LogP contribution in [0.3, 0.4) is 0 Å². The van der Waals surface area contributed by atoms with Crippen LogP contribution >= 0.6 is 0 Å². The maximum atomic E-state index is 8.84. The molecule has 0 aromatic heterocycles. The van der Waals surface area contributed by atoms with Crippen LogP contribution in [0.4, 0.5) is 0 Å². The molecule has 0 aliphatic carbocycles. The molecule has 4 nitrogen and oxygen atoms in total. The zero-order chi connectivity index (χ0) is 9.47. The summed E-state index contributed by atoms with van der Waals surface area (Å²) >= 11 is 0. The third-order valence-electron chi connectivity index (χ3n) is 2.64. The molecule has 2 N–H and O–H groups in total. The lowest BCUT2D eigenvalue weighted by molar-refractivity contribution is -0.153. The minimum absolute atomic E-state index is 0.113. The fraction of sp³-hybridized carbons (Fsp3) is 1.00. The molecule has 76 valence electrons. The van der Waals surface area contributed by atoms with E-state index in [2.05, 4.69) is 5.32 Å². The number of fused-ring (bicyclic) bond motifs is 1. The van der Waals surface area contributed by atoms with Gasteiger partial charge in [-0.25, -0.2) is 0 Å². The zero-order valence-electron chi connectivity index (χ0n) is 8.12. The number of rotatable bonds is 2. The van der Waals surface area contributed by atoms with Gasteiger partial charge in [0.2, 0.25) is 0 Å². The molecule has 4 heteroatoms. The molecule has 0 aromatic rings. The van der Waals surface area contributed by atoms with E-state index in [0.29, 0.717) is 0 Å². The van der Waals surface area contributed by atoms with Crippen LogP contribution in [0.5, 0.6) is 0 Å². The maximum absolute atomic E-state index is 8.84. The minimum Gasteiger partial charge on any atom is -0.396 e. The van der Waals surface area contributed by atoms with Crippen molar-refractivity contribution in [3.63, 3.8) is 0 Å². The molecule has 2 aliphatic rings. The van der Waals surface area contributed by atoms with Crippen LogP contribution < -0.4 is 5.32 Å². The summed E-state index contributed by atoms with van der Waals surface area (Å²) in [4.78, 5) is 0. The molecule has 0 spiro atoms. The highest BCUT2D eigenvalue weighted by Crippen LogP contribution is 2.33. The van der Waals surface area contributed by atoms with Gasteiger partial charge in [0.05, 0.1) is 0 Å². The number of aliphatic hydroxyl groups is 1. The van der Waals surface area contributed by atoms with E-state index in [9.17, 15) is 0 Å². The highest BCUT2D eigenvalue weighted by Gasteiger charge is 2.48. The largest absolute Gasteiger partial charge is 0.396 e. The predicted octanol–water partition coefficient (Wildman–Crippen LogP) is -0.139. The van der Waals surface area contributed by atoms with Crippen LogP contribution in [0.1, 0.15) is 20.3 Å². The van der Waals surface area contributed by atoms with Gasteiger partial charge in [-0.05, 0) is 20.3 Å². The fourth-order valence-corrected chi connectivity index (χ4v) is 2.15. The van der Waals surface area contributed by atoms with Crippen molar-refractivity contribution in [1.29, 1.82) is 0 Å². The van der Waals surface area contributed by atoms with Crippen molar-refractivity contribution in [3.8, 4) is 0 Å². The smallest absolute Gasteiger partial charge is 0.163 e. The van der Waals surface area contributed by atoms with E-state index < -0.39 is 5.79 Å². The first kappa shape index (κ1) is 9.40. The van der Waals surface area contributed by atoms with Gasteiger partial charge in [0.1, 0.15) is 12.2 Å². The molecule has 0 aromatic carbocycles. The van der Waals surface area contributed by atoms with E-state index in [1.165, 1.54) is 0 Å². The SMILES string of the molecule is CC1(C)OC2CNC(CCO)C2O1. The Hall–Kier alpha value is -0.160. The van der Waals surface area contributed by atoms with E-state index >= 15 is 0 Å². The first-order valence-corrected chi connectivity index (χ1v) is 4.82. The summed E-state index contributed by atoms with van der Waals surface area (Å²) in [5.74, 6) is -0.453. The van der Waals surface area contributed by atoms with Crippen LogP contribution in [0, 0.1) is 0 Å². The van der Waals surface area contributed by atoms with Gasteiger partial charge in [0.15, 0.2) is 5.79 Å². The van der Waals surface area contributed by atoms with Gasteiger partial charge in [-0.15, -0.1) is 0 Å². The summed E-state index contributed by atoms with van der Waals surface area (Å²) in [6.45, 7) is 4.89. The monoisotopic (exact) mass is 187 g/mol. The highest BCUT2D eigenvalue weighted by atomic mass is 16.8. The molecular formula is C9H17NO3. The number of nitrogens with one attached hydrogen (secondary N) is 1. The van der Waals surface area contributed by atoms with Gasteiger partial charge in [-0.1, -0.05) is 0 Å². The first-order valence-electron chi connectivity index (χ1n) is 4.82. The third-order valence-corrected chi connectivity index (χ3v) is 2.64. The molecule has 13 heavy (non-hydrogen) atoms. The molecule has 3 unspecified atom stereocenters. The molecule has 2 rings (SSSR count). The summed E-state index contributed by atoms with van der Waals surface area (Å²) in [6, 6.07) is 0.247. The van der Waals surface area contributed by atoms with Crippen molar-refractivity contribution in [3.05, 3.63) is 0 Å². The average Bonchev–Trinajstić information content (AvgIpc) is 2.48. The van der Waals surface area contributed by atoms with Crippen LogP contribution in [0.15, 0.2) is 0 Å². The predicted molar refractivity (Wildman–Crippen MR) is 47.3 cm³/mol. The molecule has 2 saturated heterocycles. The molecule has 0 saturated carbocycles. The Morgan fingerprint density at radius 1 is 1.46 bits per heavy atom.